The van der Waals surface area contributed by atoms with Crippen molar-refractivity contribution in [1.29, 1.82) is 0 Å². The average Bonchev–Trinajstić information content (AvgIpc) is 2.57. The van der Waals surface area contributed by atoms with Gasteiger partial charge in [-0.3, -0.25) is 0 Å². The van der Waals surface area contributed by atoms with Gasteiger partial charge >= 0.3 is 0 Å². The molecule has 3 heterocycles. The number of hydrogen-bond acceptors (Lipinski definition) is 1. The van der Waals surface area contributed by atoms with E-state index in [0.717, 1.165) is 11.8 Å². The van der Waals surface area contributed by atoms with Crippen LogP contribution in [0.2, 0.25) is 0 Å². The van der Waals surface area contributed by atoms with Gasteiger partial charge in [0.2, 0.25) is 0 Å². The minimum absolute atomic E-state index is 0.884. The van der Waals surface area contributed by atoms with Crippen LogP contribution in [0.5, 0.6) is 0 Å². The molecular weight excluding hydrogens is 254 g/mol. The van der Waals surface area contributed by atoms with E-state index >= 15 is 0 Å². The Bertz CT molecular complexity index is 579. The molecule has 0 saturated carbocycles. The predicted octanol–water partition coefficient (Wildman–Crippen LogP) is 4.24. The summed E-state index contributed by atoms with van der Waals surface area (Å²) in [4.78, 5) is 2.66. The summed E-state index contributed by atoms with van der Waals surface area (Å²) in [6.07, 6.45) is 4.11. The van der Waals surface area contributed by atoms with Crippen LogP contribution in [0, 0.1) is 11.8 Å². The molecule has 2 aromatic rings. The Morgan fingerprint density at radius 3 is 2.10 bits per heavy atom. The van der Waals surface area contributed by atoms with Gasteiger partial charge in [0, 0.05) is 6.54 Å². The second-order valence-electron chi connectivity index (χ2n) is 6.67. The molecule has 5 rings (SSSR count). The van der Waals surface area contributed by atoms with Crippen LogP contribution in [0.15, 0.2) is 54.6 Å². The fourth-order valence-electron chi connectivity index (χ4n) is 4.09. The molecule has 21 heavy (non-hydrogen) atoms. The highest BCUT2D eigenvalue weighted by Crippen LogP contribution is 2.34. The summed E-state index contributed by atoms with van der Waals surface area (Å²) in [5.41, 5.74) is 4.15. The van der Waals surface area contributed by atoms with Crippen LogP contribution in [-0.4, -0.2) is 24.5 Å². The molecule has 1 atom stereocenters. The van der Waals surface area contributed by atoms with Crippen molar-refractivity contribution in [2.75, 3.05) is 19.6 Å². The third kappa shape index (κ3) is 2.75. The summed E-state index contributed by atoms with van der Waals surface area (Å²) in [5, 5.41) is 0. The van der Waals surface area contributed by atoms with Crippen molar-refractivity contribution in [2.45, 2.75) is 19.3 Å². The molecule has 1 nitrogen and oxygen atoms in total. The molecule has 3 saturated heterocycles. The van der Waals surface area contributed by atoms with Gasteiger partial charge in [-0.05, 0) is 60.9 Å². The normalized spacial score (nSPS) is 27.7. The Morgan fingerprint density at radius 2 is 1.48 bits per heavy atom. The number of hydrogen-bond donors (Lipinski definition) is 0. The molecule has 2 bridgehead atoms. The van der Waals surface area contributed by atoms with E-state index in [4.69, 9.17) is 0 Å². The minimum atomic E-state index is 0.884. The summed E-state index contributed by atoms with van der Waals surface area (Å²) in [6.45, 7) is 4.01. The number of benzene rings is 2. The van der Waals surface area contributed by atoms with Crippen LogP contribution in [0.4, 0.5) is 0 Å². The molecule has 1 heteroatoms. The molecule has 108 valence electrons. The first-order chi connectivity index (χ1) is 10.4. The summed E-state index contributed by atoms with van der Waals surface area (Å²) in [5.74, 6) is 1.86. The predicted molar refractivity (Wildman–Crippen MR) is 88.2 cm³/mol. The topological polar surface area (TPSA) is 3.24 Å². The molecule has 2 aromatic carbocycles. The van der Waals surface area contributed by atoms with E-state index in [1.165, 1.54) is 55.6 Å². The highest BCUT2D eigenvalue weighted by molar-refractivity contribution is 5.63. The molecule has 3 fully saturated rings. The van der Waals surface area contributed by atoms with Gasteiger partial charge in [0.1, 0.15) is 0 Å². The first-order valence-electron chi connectivity index (χ1n) is 8.25. The van der Waals surface area contributed by atoms with Crippen LogP contribution in [-0.2, 0) is 6.42 Å². The Labute approximate surface area is 127 Å². The lowest BCUT2D eigenvalue weighted by atomic mass is 9.76. The maximum Gasteiger partial charge on any atom is 0.00155 e. The average molecular weight is 277 g/mol. The lowest BCUT2D eigenvalue weighted by molar-refractivity contribution is 0.0512. The third-order valence-corrected chi connectivity index (χ3v) is 5.35. The van der Waals surface area contributed by atoms with Crippen LogP contribution < -0.4 is 0 Å². The molecule has 0 radical (unpaired) electrons. The summed E-state index contributed by atoms with van der Waals surface area (Å²) >= 11 is 0. The first-order valence-corrected chi connectivity index (χ1v) is 8.25. The molecule has 0 N–H and O–H groups in total. The Kier molecular flexibility index (Phi) is 3.52. The van der Waals surface area contributed by atoms with E-state index in [0.29, 0.717) is 0 Å². The quantitative estimate of drug-likeness (QED) is 0.811. The first kappa shape index (κ1) is 13.1. The fourth-order valence-corrected chi connectivity index (χ4v) is 4.09. The maximum absolute atomic E-state index is 2.66. The van der Waals surface area contributed by atoms with Gasteiger partial charge in [-0.25, -0.2) is 0 Å². The molecule has 0 amide bonds. The van der Waals surface area contributed by atoms with Gasteiger partial charge < -0.3 is 4.90 Å². The van der Waals surface area contributed by atoms with E-state index in [2.05, 4.69) is 59.5 Å². The second-order valence-corrected chi connectivity index (χ2v) is 6.67. The molecule has 0 spiro atoms. The van der Waals surface area contributed by atoms with E-state index in [1.54, 1.807) is 0 Å². The molecule has 3 aliphatic heterocycles. The zero-order valence-electron chi connectivity index (χ0n) is 12.5. The van der Waals surface area contributed by atoms with Gasteiger partial charge in [0.05, 0.1) is 0 Å². The standard InChI is InChI=1S/C20H23N/c1-2-4-17(5-3-1)18-8-6-16(7-9-18)14-20-15-21-12-10-19(20)11-13-21/h1-9,19-20H,10-15H2/t20-/m0/s1. The summed E-state index contributed by atoms with van der Waals surface area (Å²) in [7, 11) is 0. The van der Waals surface area contributed by atoms with Crippen LogP contribution in [0.3, 0.4) is 0 Å². The van der Waals surface area contributed by atoms with Crippen molar-refractivity contribution in [3.63, 3.8) is 0 Å². The summed E-state index contributed by atoms with van der Waals surface area (Å²) < 4.78 is 0. The van der Waals surface area contributed by atoms with Crippen molar-refractivity contribution in [3.8, 4) is 11.1 Å². The maximum atomic E-state index is 2.66. The number of rotatable bonds is 3. The third-order valence-electron chi connectivity index (χ3n) is 5.35. The molecular formula is C20H23N. The molecule has 0 aromatic heterocycles. The fraction of sp³-hybridized carbons (Fsp3) is 0.400. The van der Waals surface area contributed by atoms with Crippen LogP contribution >= 0.6 is 0 Å². The Morgan fingerprint density at radius 1 is 0.810 bits per heavy atom. The van der Waals surface area contributed by atoms with Gasteiger partial charge in [0.25, 0.3) is 0 Å². The number of piperidine rings is 3. The van der Waals surface area contributed by atoms with E-state index in [-0.39, 0.29) is 0 Å². The van der Waals surface area contributed by atoms with Gasteiger partial charge in [-0.1, -0.05) is 54.6 Å². The van der Waals surface area contributed by atoms with Crippen LogP contribution in [0.1, 0.15) is 18.4 Å². The highest BCUT2D eigenvalue weighted by Gasteiger charge is 2.33. The zero-order chi connectivity index (χ0) is 14.1. The lowest BCUT2D eigenvalue weighted by Crippen LogP contribution is -2.48. The van der Waals surface area contributed by atoms with Crippen LogP contribution in [0.25, 0.3) is 11.1 Å². The smallest absolute Gasteiger partial charge is 0.00155 e. The van der Waals surface area contributed by atoms with Crippen molar-refractivity contribution < 1.29 is 0 Å². The summed E-state index contributed by atoms with van der Waals surface area (Å²) in [6, 6.07) is 19.9. The Hall–Kier alpha value is -1.60. The molecule has 0 aliphatic carbocycles. The Balaban J connectivity index is 1.47. The van der Waals surface area contributed by atoms with Gasteiger partial charge in [-0.15, -0.1) is 0 Å². The van der Waals surface area contributed by atoms with Crippen molar-refractivity contribution in [1.82, 2.24) is 4.90 Å². The number of fused-ring (bicyclic) bond motifs is 3. The second kappa shape index (κ2) is 5.65. The lowest BCUT2D eigenvalue weighted by Gasteiger charge is -2.45. The van der Waals surface area contributed by atoms with Crippen molar-refractivity contribution >= 4 is 0 Å². The SMILES string of the molecule is c1ccc(-c2ccc(C[C@H]3CN4CCC3CC4)cc2)cc1. The van der Waals surface area contributed by atoms with E-state index < -0.39 is 0 Å². The minimum Gasteiger partial charge on any atom is -0.303 e. The largest absolute Gasteiger partial charge is 0.303 e. The monoisotopic (exact) mass is 277 g/mol. The molecule has 0 unspecified atom stereocenters. The van der Waals surface area contributed by atoms with Gasteiger partial charge in [-0.2, -0.15) is 0 Å². The zero-order valence-corrected chi connectivity index (χ0v) is 12.5. The van der Waals surface area contributed by atoms with Crippen molar-refractivity contribution in [3.05, 3.63) is 60.2 Å². The van der Waals surface area contributed by atoms with Crippen molar-refractivity contribution in [2.24, 2.45) is 11.8 Å². The van der Waals surface area contributed by atoms with E-state index in [9.17, 15) is 0 Å². The van der Waals surface area contributed by atoms with Gasteiger partial charge in [0.15, 0.2) is 0 Å². The number of nitrogens with zero attached hydrogens (tertiary/aromatic N) is 1. The highest BCUT2D eigenvalue weighted by atomic mass is 15.1. The molecule has 3 aliphatic rings. The van der Waals surface area contributed by atoms with E-state index in [1.807, 2.05) is 0 Å².